The fraction of sp³-hybridized carbons (Fsp3) is 0.417. The summed E-state index contributed by atoms with van der Waals surface area (Å²) < 4.78 is 1.30. The highest BCUT2D eigenvalue weighted by atomic mass is 16.4. The van der Waals surface area contributed by atoms with Crippen molar-refractivity contribution in [3.63, 3.8) is 0 Å². The molecule has 0 atom stereocenters. The van der Waals surface area contributed by atoms with Gasteiger partial charge in [-0.3, -0.25) is 4.98 Å². The molecule has 0 spiro atoms. The molecule has 0 fully saturated rings. The minimum Gasteiger partial charge on any atom is -0.479 e. The van der Waals surface area contributed by atoms with Gasteiger partial charge in [-0.05, 0) is 50.3 Å². The van der Waals surface area contributed by atoms with Gasteiger partial charge in [-0.25, -0.2) is 9.48 Å². The Kier molecular flexibility index (Phi) is 3.05. The lowest BCUT2D eigenvalue weighted by atomic mass is 10.1. The number of rotatable bonds is 3. The highest BCUT2D eigenvalue weighted by Gasteiger charge is 2.34. The molecule has 0 bridgehead atoms. The van der Waals surface area contributed by atoms with Crippen LogP contribution < -0.4 is 0 Å². The van der Waals surface area contributed by atoms with Crippen LogP contribution in [0.25, 0.3) is 11.4 Å². The molecule has 7 nitrogen and oxygen atoms in total. The minimum atomic E-state index is -1.23. The number of carbonyl (C=O) groups is 1. The summed E-state index contributed by atoms with van der Waals surface area (Å²) in [7, 11) is 0. The molecule has 2 rings (SSSR count). The van der Waals surface area contributed by atoms with Crippen LogP contribution >= 0.6 is 0 Å². The van der Waals surface area contributed by atoms with Crippen LogP contribution in [0.2, 0.25) is 0 Å². The van der Waals surface area contributed by atoms with Crippen molar-refractivity contribution in [3.05, 3.63) is 23.5 Å². The number of tetrazole rings is 1. The summed E-state index contributed by atoms with van der Waals surface area (Å²) in [5.74, 6) is -0.601. The van der Waals surface area contributed by atoms with Crippen molar-refractivity contribution < 1.29 is 9.90 Å². The molecule has 0 aliphatic heterocycles. The van der Waals surface area contributed by atoms with Crippen LogP contribution in [0, 0.1) is 13.8 Å². The van der Waals surface area contributed by atoms with Crippen LogP contribution in [-0.4, -0.2) is 36.3 Å². The van der Waals surface area contributed by atoms with Crippen LogP contribution in [0.4, 0.5) is 0 Å². The van der Waals surface area contributed by atoms with Crippen molar-refractivity contribution in [3.8, 4) is 11.4 Å². The van der Waals surface area contributed by atoms with Gasteiger partial charge in [0.2, 0.25) is 0 Å². The lowest BCUT2D eigenvalue weighted by Crippen LogP contribution is -2.37. The zero-order valence-corrected chi connectivity index (χ0v) is 11.2. The number of carboxylic acids is 1. The largest absolute Gasteiger partial charge is 0.479 e. The molecule has 0 aliphatic carbocycles. The number of hydrogen-bond donors (Lipinski definition) is 1. The van der Waals surface area contributed by atoms with Crippen LogP contribution in [0.5, 0.6) is 0 Å². The third-order valence-electron chi connectivity index (χ3n) is 2.99. The number of carboxylic acid groups (broad SMARTS) is 1. The lowest BCUT2D eigenvalue weighted by molar-refractivity contribution is -0.146. The Bertz CT molecular complexity index is 633. The van der Waals surface area contributed by atoms with Crippen molar-refractivity contribution in [2.45, 2.75) is 33.2 Å². The maximum absolute atomic E-state index is 11.3. The second kappa shape index (κ2) is 4.42. The SMILES string of the molecule is Cc1ccc(-c2nnnn2C(C)(C)C(=O)O)c(C)n1. The Morgan fingerprint density at radius 1 is 1.32 bits per heavy atom. The van der Waals surface area contributed by atoms with Gasteiger partial charge >= 0.3 is 5.97 Å². The number of aromatic nitrogens is 5. The topological polar surface area (TPSA) is 93.8 Å². The second-order valence-electron chi connectivity index (χ2n) is 4.86. The number of nitrogens with zero attached hydrogens (tertiary/aromatic N) is 5. The van der Waals surface area contributed by atoms with Gasteiger partial charge in [0.05, 0.1) is 0 Å². The molecule has 100 valence electrons. The third kappa shape index (κ3) is 2.18. The van der Waals surface area contributed by atoms with E-state index in [4.69, 9.17) is 0 Å². The van der Waals surface area contributed by atoms with E-state index >= 15 is 0 Å². The van der Waals surface area contributed by atoms with Crippen molar-refractivity contribution in [2.75, 3.05) is 0 Å². The zero-order chi connectivity index (χ0) is 14.2. The summed E-state index contributed by atoms with van der Waals surface area (Å²) in [5, 5.41) is 20.6. The molecule has 0 saturated heterocycles. The molecule has 1 N–H and O–H groups in total. The van der Waals surface area contributed by atoms with Crippen molar-refractivity contribution >= 4 is 5.97 Å². The fourth-order valence-electron chi connectivity index (χ4n) is 1.75. The average molecular weight is 261 g/mol. The predicted octanol–water partition coefficient (Wildman–Crippen LogP) is 1.17. The zero-order valence-electron chi connectivity index (χ0n) is 11.2. The van der Waals surface area contributed by atoms with E-state index in [0.717, 1.165) is 17.0 Å². The first kappa shape index (κ1) is 13.1. The number of aliphatic carboxylic acids is 1. The number of hydrogen-bond acceptors (Lipinski definition) is 5. The van der Waals surface area contributed by atoms with E-state index in [2.05, 4.69) is 20.5 Å². The summed E-state index contributed by atoms with van der Waals surface area (Å²) >= 11 is 0. The molecule has 0 radical (unpaired) electrons. The number of pyridine rings is 1. The molecule has 0 aromatic carbocycles. The smallest absolute Gasteiger partial charge is 0.331 e. The van der Waals surface area contributed by atoms with Gasteiger partial charge in [0.25, 0.3) is 0 Å². The van der Waals surface area contributed by atoms with Crippen LogP contribution in [-0.2, 0) is 10.3 Å². The standard InChI is InChI=1S/C12H15N5O2/c1-7-5-6-9(8(2)13-7)10-14-15-16-17(10)12(3,4)11(18)19/h5-6H,1-4H3,(H,18,19). The van der Waals surface area contributed by atoms with Crippen molar-refractivity contribution in [2.24, 2.45) is 0 Å². The summed E-state index contributed by atoms with van der Waals surface area (Å²) in [5.41, 5.74) is 1.15. The summed E-state index contributed by atoms with van der Waals surface area (Å²) in [6, 6.07) is 3.69. The Balaban J connectivity index is 2.60. The van der Waals surface area contributed by atoms with E-state index in [0.29, 0.717) is 5.82 Å². The Morgan fingerprint density at radius 3 is 2.58 bits per heavy atom. The van der Waals surface area contributed by atoms with Crippen molar-refractivity contribution in [1.29, 1.82) is 0 Å². The third-order valence-corrected chi connectivity index (χ3v) is 2.99. The first-order chi connectivity index (χ1) is 8.84. The molecule has 2 aromatic heterocycles. The number of aryl methyl sites for hydroxylation is 2. The maximum Gasteiger partial charge on any atom is 0.331 e. The molecule has 7 heteroatoms. The predicted molar refractivity (Wildman–Crippen MR) is 67.5 cm³/mol. The molecule has 2 heterocycles. The normalized spacial score (nSPS) is 11.6. The van der Waals surface area contributed by atoms with E-state index in [9.17, 15) is 9.90 Å². The summed E-state index contributed by atoms with van der Waals surface area (Å²) in [6.07, 6.45) is 0. The first-order valence-corrected chi connectivity index (χ1v) is 5.81. The molecule has 19 heavy (non-hydrogen) atoms. The molecular weight excluding hydrogens is 246 g/mol. The molecule has 0 aliphatic rings. The quantitative estimate of drug-likeness (QED) is 0.891. The van der Waals surface area contributed by atoms with Gasteiger partial charge < -0.3 is 5.11 Å². The van der Waals surface area contributed by atoms with Crippen molar-refractivity contribution in [1.82, 2.24) is 25.2 Å². The average Bonchev–Trinajstić information content (AvgIpc) is 2.78. The van der Waals surface area contributed by atoms with E-state index < -0.39 is 11.5 Å². The van der Waals surface area contributed by atoms with E-state index in [1.54, 1.807) is 13.8 Å². The van der Waals surface area contributed by atoms with Gasteiger partial charge in [0.1, 0.15) is 0 Å². The van der Waals surface area contributed by atoms with E-state index in [1.165, 1.54) is 4.68 Å². The molecule has 0 saturated carbocycles. The molecule has 2 aromatic rings. The Morgan fingerprint density at radius 2 is 2.00 bits per heavy atom. The monoisotopic (exact) mass is 261 g/mol. The van der Waals surface area contributed by atoms with Gasteiger partial charge in [-0.2, -0.15) is 0 Å². The highest BCUT2D eigenvalue weighted by molar-refractivity contribution is 5.76. The molecule has 0 unspecified atom stereocenters. The van der Waals surface area contributed by atoms with Gasteiger partial charge in [0, 0.05) is 17.0 Å². The van der Waals surface area contributed by atoms with Gasteiger partial charge in [-0.15, -0.1) is 5.10 Å². The highest BCUT2D eigenvalue weighted by Crippen LogP contribution is 2.24. The lowest BCUT2D eigenvalue weighted by Gasteiger charge is -2.20. The molecular formula is C12H15N5O2. The molecule has 0 amide bonds. The maximum atomic E-state index is 11.3. The first-order valence-electron chi connectivity index (χ1n) is 5.81. The van der Waals surface area contributed by atoms with E-state index in [-0.39, 0.29) is 0 Å². The Hall–Kier alpha value is -2.31. The summed E-state index contributed by atoms with van der Waals surface area (Å²) in [6.45, 7) is 6.83. The Labute approximate surface area is 110 Å². The minimum absolute atomic E-state index is 0.400. The fourth-order valence-corrected chi connectivity index (χ4v) is 1.75. The summed E-state index contributed by atoms with van der Waals surface area (Å²) in [4.78, 5) is 15.7. The van der Waals surface area contributed by atoms with Crippen LogP contribution in [0.15, 0.2) is 12.1 Å². The van der Waals surface area contributed by atoms with Crippen LogP contribution in [0.1, 0.15) is 25.2 Å². The van der Waals surface area contributed by atoms with Gasteiger partial charge in [0.15, 0.2) is 11.4 Å². The second-order valence-corrected chi connectivity index (χ2v) is 4.86. The van der Waals surface area contributed by atoms with E-state index in [1.807, 2.05) is 26.0 Å². The van der Waals surface area contributed by atoms with Crippen LogP contribution in [0.3, 0.4) is 0 Å². The van der Waals surface area contributed by atoms with Gasteiger partial charge in [-0.1, -0.05) is 0 Å².